The Kier molecular flexibility index (Phi) is 4.71. The fourth-order valence-electron chi connectivity index (χ4n) is 2.96. The minimum Gasteiger partial charge on any atom is -0.0798 e. The largest absolute Gasteiger partial charge is 0.105 e. The van der Waals surface area contributed by atoms with Crippen LogP contribution in [-0.2, 0) is 0 Å². The first-order valence-electron chi connectivity index (χ1n) is 7.79. The van der Waals surface area contributed by atoms with E-state index in [2.05, 4.69) is 92.7 Å². The molecule has 3 rings (SSSR count). The van der Waals surface area contributed by atoms with Crippen LogP contribution in [0.15, 0.2) is 95.4 Å². The Morgan fingerprint density at radius 2 is 1.36 bits per heavy atom. The highest BCUT2D eigenvalue weighted by Crippen LogP contribution is 2.49. The molecule has 22 heavy (non-hydrogen) atoms. The lowest BCUT2D eigenvalue weighted by atomic mass is 10.0. The van der Waals surface area contributed by atoms with Crippen LogP contribution < -0.4 is 10.6 Å². The van der Waals surface area contributed by atoms with Crippen LogP contribution in [0.4, 0.5) is 0 Å². The predicted molar refractivity (Wildman–Crippen MR) is 101 cm³/mol. The van der Waals surface area contributed by atoms with Gasteiger partial charge in [-0.15, -0.1) is 0 Å². The molecule has 1 aliphatic carbocycles. The molecular weight excluding hydrogens is 283 g/mol. The molecule has 0 bridgehead atoms. The Morgan fingerprint density at radius 1 is 0.818 bits per heavy atom. The van der Waals surface area contributed by atoms with Crippen molar-refractivity contribution >= 4 is 18.5 Å². The normalized spacial score (nSPS) is 14.1. The molecule has 0 heterocycles. The van der Waals surface area contributed by atoms with Crippen molar-refractivity contribution in [2.75, 3.05) is 0 Å². The molecule has 0 nitrogen and oxygen atoms in total. The highest BCUT2D eigenvalue weighted by molar-refractivity contribution is 7.77. The second kappa shape index (κ2) is 6.90. The third-order valence-corrected chi connectivity index (χ3v) is 6.87. The Bertz CT molecular complexity index is 678. The van der Waals surface area contributed by atoms with E-state index in [4.69, 9.17) is 0 Å². The van der Waals surface area contributed by atoms with Crippen LogP contribution in [0.1, 0.15) is 20.3 Å². The van der Waals surface area contributed by atoms with E-state index in [-0.39, 0.29) is 0 Å². The van der Waals surface area contributed by atoms with Gasteiger partial charge in [0.2, 0.25) is 0 Å². The van der Waals surface area contributed by atoms with Gasteiger partial charge in [-0.2, -0.15) is 0 Å². The maximum atomic E-state index is 2.33. The van der Waals surface area contributed by atoms with Gasteiger partial charge in [0.1, 0.15) is 15.9 Å². The molecule has 2 aromatic carbocycles. The van der Waals surface area contributed by atoms with Crippen LogP contribution in [0.5, 0.6) is 0 Å². The average Bonchev–Trinajstić information content (AvgIpc) is 2.57. The molecule has 0 atom stereocenters. The first-order chi connectivity index (χ1) is 10.8. The molecule has 0 aliphatic heterocycles. The Morgan fingerprint density at radius 3 is 1.86 bits per heavy atom. The summed E-state index contributed by atoms with van der Waals surface area (Å²) < 4.78 is 0. The van der Waals surface area contributed by atoms with E-state index in [0.717, 1.165) is 6.42 Å². The highest BCUT2D eigenvalue weighted by Gasteiger charge is 2.30. The number of benzene rings is 2. The summed E-state index contributed by atoms with van der Waals surface area (Å²) >= 11 is 0. The molecule has 0 N–H and O–H groups in total. The molecule has 1 heteroatoms. The maximum Gasteiger partial charge on any atom is 0.105 e. The summed E-state index contributed by atoms with van der Waals surface area (Å²) in [6, 6.07) is 22.0. The van der Waals surface area contributed by atoms with Crippen LogP contribution >= 0.6 is 7.92 Å². The minimum atomic E-state index is -0.941. The van der Waals surface area contributed by atoms with Gasteiger partial charge in [0.25, 0.3) is 0 Å². The molecule has 110 valence electrons. The molecule has 0 radical (unpaired) electrons. The smallest absolute Gasteiger partial charge is 0.0798 e. The van der Waals surface area contributed by atoms with E-state index in [9.17, 15) is 0 Å². The SMILES string of the molecule is CC(C)=C1CC=CC=C1[PH+](c1ccccc1)c1ccccc1. The average molecular weight is 305 g/mol. The zero-order chi connectivity index (χ0) is 15.4. The zero-order valence-electron chi connectivity index (χ0n) is 13.2. The molecular formula is C21H22P+. The Balaban J connectivity index is 2.16. The Hall–Kier alpha value is -1.91. The monoisotopic (exact) mass is 305 g/mol. The van der Waals surface area contributed by atoms with Gasteiger partial charge in [-0.3, -0.25) is 0 Å². The quantitative estimate of drug-likeness (QED) is 0.698. The minimum absolute atomic E-state index is 0.941. The predicted octanol–water partition coefficient (Wildman–Crippen LogP) is 5.03. The lowest BCUT2D eigenvalue weighted by molar-refractivity contribution is 1.17. The van der Waals surface area contributed by atoms with E-state index in [0.29, 0.717) is 0 Å². The molecule has 0 unspecified atom stereocenters. The number of rotatable bonds is 3. The van der Waals surface area contributed by atoms with Gasteiger partial charge in [0, 0.05) is 0 Å². The summed E-state index contributed by atoms with van der Waals surface area (Å²) in [5.74, 6) is 0. The molecule has 2 aromatic rings. The van der Waals surface area contributed by atoms with Gasteiger partial charge < -0.3 is 0 Å². The lowest BCUT2D eigenvalue weighted by Gasteiger charge is -2.19. The second-order valence-electron chi connectivity index (χ2n) is 5.80. The van der Waals surface area contributed by atoms with Crippen LogP contribution in [-0.4, -0.2) is 0 Å². The number of hydrogen-bond donors (Lipinski definition) is 0. The maximum absolute atomic E-state index is 2.33. The van der Waals surface area contributed by atoms with Crippen LogP contribution in [0.3, 0.4) is 0 Å². The van der Waals surface area contributed by atoms with Gasteiger partial charge in [0.05, 0.1) is 7.92 Å². The zero-order valence-corrected chi connectivity index (χ0v) is 14.2. The topological polar surface area (TPSA) is 0 Å². The standard InChI is InChI=1S/C21H21P/c1-17(2)20-15-9-10-16-21(20)22(18-11-5-3-6-12-18)19-13-7-4-8-14-19/h3-14,16H,15H2,1-2H3/p+1. The summed E-state index contributed by atoms with van der Waals surface area (Å²) in [6.45, 7) is 4.47. The van der Waals surface area contributed by atoms with Gasteiger partial charge in [-0.05, 0) is 56.2 Å². The first-order valence-corrected chi connectivity index (χ1v) is 9.29. The van der Waals surface area contributed by atoms with Crippen LogP contribution in [0.25, 0.3) is 0 Å². The fraction of sp³-hybridized carbons (Fsp3) is 0.143. The van der Waals surface area contributed by atoms with Crippen molar-refractivity contribution in [3.8, 4) is 0 Å². The van der Waals surface area contributed by atoms with E-state index >= 15 is 0 Å². The van der Waals surface area contributed by atoms with Gasteiger partial charge in [0.15, 0.2) is 0 Å². The highest BCUT2D eigenvalue weighted by atomic mass is 31.1. The van der Waals surface area contributed by atoms with Gasteiger partial charge >= 0.3 is 0 Å². The summed E-state index contributed by atoms with van der Waals surface area (Å²) in [6.07, 6.45) is 7.88. The fourth-order valence-corrected chi connectivity index (χ4v) is 5.88. The molecule has 0 aromatic heterocycles. The van der Waals surface area contributed by atoms with E-state index < -0.39 is 7.92 Å². The van der Waals surface area contributed by atoms with Crippen LogP contribution in [0.2, 0.25) is 0 Å². The van der Waals surface area contributed by atoms with E-state index in [1.54, 1.807) is 0 Å². The third kappa shape index (κ3) is 3.13. The van der Waals surface area contributed by atoms with Gasteiger partial charge in [-0.1, -0.05) is 54.1 Å². The van der Waals surface area contributed by atoms with E-state index in [1.165, 1.54) is 27.1 Å². The van der Waals surface area contributed by atoms with E-state index in [1.807, 2.05) is 0 Å². The van der Waals surface area contributed by atoms with Crippen LogP contribution in [0, 0.1) is 0 Å². The van der Waals surface area contributed by atoms with Crippen molar-refractivity contribution in [3.05, 3.63) is 95.4 Å². The molecule has 0 spiro atoms. The first kappa shape index (κ1) is 15.0. The molecule has 1 aliphatic rings. The van der Waals surface area contributed by atoms with Crippen molar-refractivity contribution in [1.82, 2.24) is 0 Å². The van der Waals surface area contributed by atoms with Crippen molar-refractivity contribution in [1.29, 1.82) is 0 Å². The van der Waals surface area contributed by atoms with Crippen molar-refractivity contribution in [3.63, 3.8) is 0 Å². The van der Waals surface area contributed by atoms with Gasteiger partial charge in [-0.25, -0.2) is 0 Å². The second-order valence-corrected chi connectivity index (χ2v) is 8.24. The summed E-state index contributed by atoms with van der Waals surface area (Å²) in [5.41, 5.74) is 2.95. The number of hydrogen-bond acceptors (Lipinski definition) is 0. The van der Waals surface area contributed by atoms with Crippen molar-refractivity contribution < 1.29 is 0 Å². The number of allylic oxidation sites excluding steroid dienone is 6. The molecule has 0 saturated heterocycles. The summed E-state index contributed by atoms with van der Waals surface area (Å²) in [7, 11) is -0.941. The molecule has 0 amide bonds. The van der Waals surface area contributed by atoms with Crippen molar-refractivity contribution in [2.24, 2.45) is 0 Å². The third-order valence-electron chi connectivity index (χ3n) is 4.04. The molecule has 0 saturated carbocycles. The summed E-state index contributed by atoms with van der Waals surface area (Å²) in [4.78, 5) is 0. The summed E-state index contributed by atoms with van der Waals surface area (Å²) in [5, 5.41) is 4.45. The lowest BCUT2D eigenvalue weighted by Crippen LogP contribution is -2.14. The van der Waals surface area contributed by atoms with Crippen molar-refractivity contribution in [2.45, 2.75) is 20.3 Å². The Labute approximate surface area is 134 Å². The molecule has 0 fully saturated rings.